The molecule has 0 radical (unpaired) electrons. The zero-order valence-corrected chi connectivity index (χ0v) is 18.6. The molecule has 0 aliphatic carbocycles. The van der Waals surface area contributed by atoms with Crippen molar-refractivity contribution in [1.29, 1.82) is 0 Å². The van der Waals surface area contributed by atoms with Crippen molar-refractivity contribution in [3.8, 4) is 22.8 Å². The van der Waals surface area contributed by atoms with Gasteiger partial charge in [-0.1, -0.05) is 47.5 Å². The molecule has 0 saturated carbocycles. The second-order valence-electron chi connectivity index (χ2n) is 7.19. The number of carbonyl (C=O) groups is 1. The molecule has 2 aromatic heterocycles. The zero-order valence-electron chi connectivity index (χ0n) is 17.1. The fourth-order valence-corrected chi connectivity index (χ4v) is 3.73. The Morgan fingerprint density at radius 2 is 1.76 bits per heavy atom. The number of nitrogens with zero attached hydrogens (tertiary/aromatic N) is 1. The molecule has 0 fully saturated rings. The molecule has 1 amide bonds. The minimum atomic E-state index is -0.306. The van der Waals surface area contributed by atoms with E-state index in [1.807, 2.05) is 36.4 Å². The number of benzene rings is 3. The number of amides is 1. The van der Waals surface area contributed by atoms with Crippen LogP contribution in [0.5, 0.6) is 0 Å². The van der Waals surface area contributed by atoms with Gasteiger partial charge in [0.2, 0.25) is 11.8 Å². The number of aromatic nitrogens is 1. The van der Waals surface area contributed by atoms with Crippen LogP contribution in [0.2, 0.25) is 10.0 Å². The summed E-state index contributed by atoms with van der Waals surface area (Å²) >= 11 is 12.3. The van der Waals surface area contributed by atoms with Gasteiger partial charge in [0.15, 0.2) is 5.58 Å². The van der Waals surface area contributed by atoms with Gasteiger partial charge in [0.25, 0.3) is 0 Å². The van der Waals surface area contributed by atoms with E-state index in [1.165, 1.54) is 6.08 Å². The number of carbonyl (C=O) groups excluding carboxylic acids is 1. The lowest BCUT2D eigenvalue weighted by atomic mass is 10.2. The standard InChI is InChI=1S/C26H16Cl2N2O3/c27-20-8-4-7-19(25(20)28)22-13-10-18(32-22)11-14-24(31)29-17-9-12-23-21(15-17)30-26(33-23)16-5-2-1-3-6-16/h1-15H,(H,29,31). The largest absolute Gasteiger partial charge is 0.457 e. The van der Waals surface area contributed by atoms with Crippen LogP contribution in [0.25, 0.3) is 40.0 Å². The van der Waals surface area contributed by atoms with Crippen LogP contribution in [-0.4, -0.2) is 10.9 Å². The summed E-state index contributed by atoms with van der Waals surface area (Å²) in [5.74, 6) is 1.30. The Bertz CT molecular complexity index is 1490. The molecule has 1 N–H and O–H groups in total. The van der Waals surface area contributed by atoms with Gasteiger partial charge in [-0.25, -0.2) is 4.98 Å². The molecule has 0 aliphatic rings. The monoisotopic (exact) mass is 474 g/mol. The van der Waals surface area contributed by atoms with Crippen LogP contribution in [0.15, 0.2) is 93.8 Å². The van der Waals surface area contributed by atoms with Crippen LogP contribution in [0.1, 0.15) is 5.76 Å². The molecule has 0 atom stereocenters. The Hall–Kier alpha value is -3.80. The quantitative estimate of drug-likeness (QED) is 0.264. The normalized spacial score (nSPS) is 11.3. The van der Waals surface area contributed by atoms with E-state index < -0.39 is 0 Å². The van der Waals surface area contributed by atoms with E-state index in [4.69, 9.17) is 32.0 Å². The van der Waals surface area contributed by atoms with Crippen LogP contribution in [-0.2, 0) is 4.79 Å². The van der Waals surface area contributed by atoms with Crippen LogP contribution in [0.4, 0.5) is 5.69 Å². The number of fused-ring (bicyclic) bond motifs is 1. The molecule has 0 bridgehead atoms. The predicted molar refractivity (Wildman–Crippen MR) is 131 cm³/mol. The lowest BCUT2D eigenvalue weighted by molar-refractivity contribution is -0.111. The summed E-state index contributed by atoms with van der Waals surface area (Å²) < 4.78 is 11.6. The third-order valence-corrected chi connectivity index (χ3v) is 5.74. The first-order chi connectivity index (χ1) is 16.1. The van der Waals surface area contributed by atoms with Gasteiger partial charge in [-0.2, -0.15) is 0 Å². The number of hydrogen-bond donors (Lipinski definition) is 1. The first kappa shape index (κ1) is 21.1. The van der Waals surface area contributed by atoms with E-state index in [2.05, 4.69) is 10.3 Å². The highest BCUT2D eigenvalue weighted by Gasteiger charge is 2.11. The lowest BCUT2D eigenvalue weighted by Crippen LogP contribution is -2.07. The first-order valence-electron chi connectivity index (χ1n) is 10.1. The molecule has 5 rings (SSSR count). The lowest BCUT2D eigenvalue weighted by Gasteiger charge is -2.02. The highest BCUT2D eigenvalue weighted by molar-refractivity contribution is 6.43. The number of furan rings is 1. The molecule has 0 spiro atoms. The second-order valence-corrected chi connectivity index (χ2v) is 7.98. The van der Waals surface area contributed by atoms with E-state index in [0.29, 0.717) is 49.8 Å². The van der Waals surface area contributed by atoms with Gasteiger partial charge < -0.3 is 14.2 Å². The number of halogens is 2. The summed E-state index contributed by atoms with van der Waals surface area (Å²) in [6, 6.07) is 23.8. The maximum atomic E-state index is 12.4. The average Bonchev–Trinajstić information content (AvgIpc) is 3.47. The molecule has 5 nitrogen and oxygen atoms in total. The van der Waals surface area contributed by atoms with Crippen molar-refractivity contribution in [3.63, 3.8) is 0 Å². The Morgan fingerprint density at radius 3 is 2.61 bits per heavy atom. The highest BCUT2D eigenvalue weighted by atomic mass is 35.5. The smallest absolute Gasteiger partial charge is 0.248 e. The van der Waals surface area contributed by atoms with Gasteiger partial charge in [-0.3, -0.25) is 4.79 Å². The topological polar surface area (TPSA) is 68.3 Å². The molecule has 2 heterocycles. The van der Waals surface area contributed by atoms with Crippen LogP contribution < -0.4 is 5.32 Å². The molecule has 7 heteroatoms. The summed E-state index contributed by atoms with van der Waals surface area (Å²) in [4.78, 5) is 16.9. The molecule has 5 aromatic rings. The van der Waals surface area contributed by atoms with Crippen molar-refractivity contribution in [2.75, 3.05) is 5.32 Å². The van der Waals surface area contributed by atoms with E-state index in [0.717, 1.165) is 5.56 Å². The van der Waals surface area contributed by atoms with Crippen molar-refractivity contribution in [2.24, 2.45) is 0 Å². The van der Waals surface area contributed by atoms with Crippen molar-refractivity contribution in [2.45, 2.75) is 0 Å². The summed E-state index contributed by atoms with van der Waals surface area (Å²) in [5.41, 5.74) is 3.48. The Kier molecular flexibility index (Phi) is 5.73. The molecule has 33 heavy (non-hydrogen) atoms. The Labute approximate surface area is 199 Å². The number of rotatable bonds is 5. The minimum Gasteiger partial charge on any atom is -0.457 e. The highest BCUT2D eigenvalue weighted by Crippen LogP contribution is 2.34. The first-order valence-corrected chi connectivity index (χ1v) is 10.8. The van der Waals surface area contributed by atoms with Gasteiger partial charge in [-0.15, -0.1) is 0 Å². The summed E-state index contributed by atoms with van der Waals surface area (Å²) in [6.45, 7) is 0. The Morgan fingerprint density at radius 1 is 0.909 bits per heavy atom. The van der Waals surface area contributed by atoms with Crippen molar-refractivity contribution in [3.05, 3.63) is 101 Å². The van der Waals surface area contributed by atoms with E-state index in [1.54, 1.807) is 48.5 Å². The third-order valence-electron chi connectivity index (χ3n) is 4.92. The van der Waals surface area contributed by atoms with Crippen molar-refractivity contribution in [1.82, 2.24) is 4.98 Å². The second kappa shape index (κ2) is 8.98. The zero-order chi connectivity index (χ0) is 22.8. The van der Waals surface area contributed by atoms with Gasteiger partial charge in [0.05, 0.1) is 10.0 Å². The van der Waals surface area contributed by atoms with Gasteiger partial charge in [0, 0.05) is 22.9 Å². The average molecular weight is 475 g/mol. The van der Waals surface area contributed by atoms with Crippen LogP contribution >= 0.6 is 23.2 Å². The van der Waals surface area contributed by atoms with Gasteiger partial charge in [0.1, 0.15) is 17.0 Å². The fraction of sp³-hybridized carbons (Fsp3) is 0. The molecular formula is C26H16Cl2N2O3. The molecular weight excluding hydrogens is 459 g/mol. The summed E-state index contributed by atoms with van der Waals surface area (Å²) in [5, 5.41) is 3.68. The maximum absolute atomic E-state index is 12.4. The maximum Gasteiger partial charge on any atom is 0.248 e. The molecule has 162 valence electrons. The molecule has 0 aliphatic heterocycles. The predicted octanol–water partition coefficient (Wildman–Crippen LogP) is 7.71. The Balaban J connectivity index is 1.29. The number of hydrogen-bond acceptors (Lipinski definition) is 4. The SMILES string of the molecule is O=C(C=Cc1ccc(-c2cccc(Cl)c2Cl)o1)Nc1ccc2oc(-c3ccccc3)nc2c1. The van der Waals surface area contributed by atoms with Gasteiger partial charge >= 0.3 is 0 Å². The van der Waals surface area contributed by atoms with E-state index >= 15 is 0 Å². The minimum absolute atomic E-state index is 0.306. The number of anilines is 1. The summed E-state index contributed by atoms with van der Waals surface area (Å²) in [6.07, 6.45) is 2.98. The number of oxazole rings is 1. The summed E-state index contributed by atoms with van der Waals surface area (Å²) in [7, 11) is 0. The molecule has 3 aromatic carbocycles. The van der Waals surface area contributed by atoms with Crippen molar-refractivity contribution >= 4 is 52.0 Å². The van der Waals surface area contributed by atoms with Crippen LogP contribution in [0.3, 0.4) is 0 Å². The third kappa shape index (κ3) is 4.55. The van der Waals surface area contributed by atoms with Crippen molar-refractivity contribution < 1.29 is 13.6 Å². The van der Waals surface area contributed by atoms with E-state index in [-0.39, 0.29) is 5.91 Å². The van der Waals surface area contributed by atoms with Gasteiger partial charge in [-0.05, 0) is 60.7 Å². The fourth-order valence-electron chi connectivity index (χ4n) is 3.33. The molecule has 0 unspecified atom stereocenters. The molecule has 0 saturated heterocycles. The number of nitrogens with one attached hydrogen (secondary N) is 1. The van der Waals surface area contributed by atoms with E-state index in [9.17, 15) is 4.79 Å². The van der Waals surface area contributed by atoms with Crippen LogP contribution in [0, 0.1) is 0 Å².